The SMILES string of the molecule is O=C/C(=C\c1ccccc1)c1ccccc1[N+](=O)[O-]. The van der Waals surface area contributed by atoms with Gasteiger partial charge >= 0.3 is 0 Å². The van der Waals surface area contributed by atoms with Gasteiger partial charge in [0, 0.05) is 11.6 Å². The zero-order valence-corrected chi connectivity index (χ0v) is 10.0. The van der Waals surface area contributed by atoms with Gasteiger partial charge in [0.15, 0.2) is 6.29 Å². The number of carbonyl (C=O) groups excluding carboxylic acids is 1. The number of nitro benzene ring substituents is 1. The number of nitrogens with zero attached hydrogens (tertiary/aromatic N) is 1. The lowest BCUT2D eigenvalue weighted by atomic mass is 10.0. The molecular formula is C15H11NO3. The molecule has 0 atom stereocenters. The molecule has 2 aromatic carbocycles. The Morgan fingerprint density at radius 2 is 1.63 bits per heavy atom. The van der Waals surface area contributed by atoms with E-state index in [9.17, 15) is 14.9 Å². The Morgan fingerprint density at radius 3 is 2.26 bits per heavy atom. The molecule has 94 valence electrons. The number of allylic oxidation sites excluding steroid dienone is 1. The largest absolute Gasteiger partial charge is 0.298 e. The fourth-order valence-electron chi connectivity index (χ4n) is 1.78. The summed E-state index contributed by atoms with van der Waals surface area (Å²) in [6, 6.07) is 15.4. The molecule has 0 saturated carbocycles. The molecule has 19 heavy (non-hydrogen) atoms. The van der Waals surface area contributed by atoms with Gasteiger partial charge in [-0.15, -0.1) is 0 Å². The first kappa shape index (κ1) is 12.7. The van der Waals surface area contributed by atoms with E-state index in [1.165, 1.54) is 6.07 Å². The molecule has 0 spiro atoms. The average Bonchev–Trinajstić information content (AvgIpc) is 2.46. The van der Waals surface area contributed by atoms with Crippen molar-refractivity contribution in [1.82, 2.24) is 0 Å². The normalized spacial score (nSPS) is 11.1. The van der Waals surface area contributed by atoms with E-state index >= 15 is 0 Å². The molecular weight excluding hydrogens is 242 g/mol. The van der Waals surface area contributed by atoms with Crippen molar-refractivity contribution in [2.75, 3.05) is 0 Å². The highest BCUT2D eigenvalue weighted by atomic mass is 16.6. The molecule has 0 N–H and O–H groups in total. The van der Waals surface area contributed by atoms with Crippen LogP contribution in [0.15, 0.2) is 54.6 Å². The minimum atomic E-state index is -0.488. The molecule has 0 aliphatic rings. The molecule has 0 aromatic heterocycles. The van der Waals surface area contributed by atoms with Gasteiger partial charge in [-0.1, -0.05) is 42.5 Å². The molecule has 0 saturated heterocycles. The van der Waals surface area contributed by atoms with Crippen molar-refractivity contribution in [3.63, 3.8) is 0 Å². The molecule has 0 fully saturated rings. The number of benzene rings is 2. The molecule has 0 radical (unpaired) electrons. The molecule has 0 aliphatic heterocycles. The van der Waals surface area contributed by atoms with Crippen LogP contribution in [-0.4, -0.2) is 11.2 Å². The molecule has 0 aliphatic carbocycles. The summed E-state index contributed by atoms with van der Waals surface area (Å²) in [5, 5.41) is 11.0. The zero-order valence-electron chi connectivity index (χ0n) is 10.0. The second kappa shape index (κ2) is 5.73. The van der Waals surface area contributed by atoms with E-state index in [2.05, 4.69) is 0 Å². The van der Waals surface area contributed by atoms with Crippen LogP contribution in [0.1, 0.15) is 11.1 Å². The van der Waals surface area contributed by atoms with Crippen molar-refractivity contribution in [1.29, 1.82) is 0 Å². The molecule has 0 amide bonds. The summed E-state index contributed by atoms with van der Waals surface area (Å²) in [5.74, 6) is 0. The third kappa shape index (κ3) is 2.93. The summed E-state index contributed by atoms with van der Waals surface area (Å²) >= 11 is 0. The summed E-state index contributed by atoms with van der Waals surface area (Å²) in [6.45, 7) is 0. The highest BCUT2D eigenvalue weighted by Crippen LogP contribution is 2.25. The van der Waals surface area contributed by atoms with Crippen molar-refractivity contribution in [3.05, 3.63) is 75.8 Å². The predicted molar refractivity (Wildman–Crippen MR) is 73.5 cm³/mol. The smallest absolute Gasteiger partial charge is 0.277 e. The average molecular weight is 253 g/mol. The lowest BCUT2D eigenvalue weighted by Crippen LogP contribution is -1.95. The Kier molecular flexibility index (Phi) is 3.83. The highest BCUT2D eigenvalue weighted by Gasteiger charge is 2.15. The summed E-state index contributed by atoms with van der Waals surface area (Å²) in [6.07, 6.45) is 2.27. The Labute approximate surface area is 110 Å². The van der Waals surface area contributed by atoms with E-state index in [4.69, 9.17) is 0 Å². The number of aldehydes is 1. The van der Waals surface area contributed by atoms with Gasteiger partial charge in [0.2, 0.25) is 0 Å². The summed E-state index contributed by atoms with van der Waals surface area (Å²) in [5.41, 5.74) is 1.37. The Morgan fingerprint density at radius 1 is 1.00 bits per heavy atom. The van der Waals surface area contributed by atoms with Crippen LogP contribution < -0.4 is 0 Å². The molecule has 2 aromatic rings. The van der Waals surface area contributed by atoms with E-state index in [-0.39, 0.29) is 5.69 Å². The number of nitro groups is 1. The molecule has 0 bridgehead atoms. The van der Waals surface area contributed by atoms with Crippen LogP contribution in [0, 0.1) is 10.1 Å². The number of rotatable bonds is 4. The first-order valence-electron chi connectivity index (χ1n) is 5.68. The summed E-state index contributed by atoms with van der Waals surface area (Å²) in [4.78, 5) is 21.7. The molecule has 2 rings (SSSR count). The molecule has 4 nitrogen and oxygen atoms in total. The first-order valence-corrected chi connectivity index (χ1v) is 5.68. The number of hydrogen-bond donors (Lipinski definition) is 0. The molecule has 0 heterocycles. The summed E-state index contributed by atoms with van der Waals surface area (Å²) in [7, 11) is 0. The van der Waals surface area contributed by atoms with Crippen molar-refractivity contribution in [3.8, 4) is 0 Å². The van der Waals surface area contributed by atoms with E-state index in [0.29, 0.717) is 17.4 Å². The standard InChI is InChI=1S/C15H11NO3/c17-11-13(10-12-6-2-1-3-7-12)14-8-4-5-9-15(14)16(18)19/h1-11H/b13-10+. The van der Waals surface area contributed by atoms with Crippen LogP contribution >= 0.6 is 0 Å². The Hall–Kier alpha value is -2.75. The maximum absolute atomic E-state index is 11.2. The fraction of sp³-hybridized carbons (Fsp3) is 0. The van der Waals surface area contributed by atoms with Gasteiger partial charge in [0.1, 0.15) is 0 Å². The van der Waals surface area contributed by atoms with Gasteiger partial charge in [0.25, 0.3) is 5.69 Å². The van der Waals surface area contributed by atoms with Gasteiger partial charge in [0.05, 0.1) is 10.5 Å². The maximum atomic E-state index is 11.2. The lowest BCUT2D eigenvalue weighted by molar-refractivity contribution is -0.385. The van der Waals surface area contributed by atoms with Gasteiger partial charge in [-0.3, -0.25) is 14.9 Å². The third-order valence-electron chi connectivity index (χ3n) is 2.66. The maximum Gasteiger partial charge on any atom is 0.277 e. The van der Waals surface area contributed by atoms with Crippen molar-refractivity contribution < 1.29 is 9.72 Å². The minimum Gasteiger partial charge on any atom is -0.298 e. The fourth-order valence-corrected chi connectivity index (χ4v) is 1.78. The minimum absolute atomic E-state index is 0.0724. The zero-order chi connectivity index (χ0) is 13.7. The van der Waals surface area contributed by atoms with E-state index in [0.717, 1.165) is 5.56 Å². The number of hydrogen-bond acceptors (Lipinski definition) is 3. The topological polar surface area (TPSA) is 60.2 Å². The second-order valence-electron chi connectivity index (χ2n) is 3.90. The van der Waals surface area contributed by atoms with E-state index in [1.807, 2.05) is 30.3 Å². The van der Waals surface area contributed by atoms with E-state index in [1.54, 1.807) is 24.3 Å². The first-order chi connectivity index (χ1) is 9.22. The predicted octanol–water partition coefficient (Wildman–Crippen LogP) is 3.33. The second-order valence-corrected chi connectivity index (χ2v) is 3.90. The third-order valence-corrected chi connectivity index (χ3v) is 2.66. The van der Waals surface area contributed by atoms with Crippen LogP contribution in [0.25, 0.3) is 11.6 Å². The Balaban J connectivity index is 2.52. The quantitative estimate of drug-likeness (QED) is 0.276. The van der Waals surface area contributed by atoms with Crippen LogP contribution in [0.3, 0.4) is 0 Å². The van der Waals surface area contributed by atoms with Crippen LogP contribution in [0.5, 0.6) is 0 Å². The number of para-hydroxylation sites is 1. The van der Waals surface area contributed by atoms with E-state index < -0.39 is 4.92 Å². The summed E-state index contributed by atoms with van der Waals surface area (Å²) < 4.78 is 0. The lowest BCUT2D eigenvalue weighted by Gasteiger charge is -2.02. The van der Waals surface area contributed by atoms with Crippen LogP contribution in [0.4, 0.5) is 5.69 Å². The van der Waals surface area contributed by atoms with Crippen molar-refractivity contribution in [2.45, 2.75) is 0 Å². The van der Waals surface area contributed by atoms with Crippen molar-refractivity contribution >= 4 is 23.6 Å². The monoisotopic (exact) mass is 253 g/mol. The van der Waals surface area contributed by atoms with Gasteiger partial charge < -0.3 is 0 Å². The number of carbonyl (C=O) groups is 1. The van der Waals surface area contributed by atoms with Gasteiger partial charge in [-0.2, -0.15) is 0 Å². The molecule has 4 heteroatoms. The Bertz CT molecular complexity index is 633. The molecule has 0 unspecified atom stereocenters. The van der Waals surface area contributed by atoms with Crippen molar-refractivity contribution in [2.24, 2.45) is 0 Å². The van der Waals surface area contributed by atoms with Gasteiger partial charge in [-0.25, -0.2) is 0 Å². The van der Waals surface area contributed by atoms with Gasteiger partial charge in [-0.05, 0) is 17.7 Å². The van der Waals surface area contributed by atoms with Crippen LogP contribution in [-0.2, 0) is 4.79 Å². The van der Waals surface area contributed by atoms with Crippen LogP contribution in [0.2, 0.25) is 0 Å². The highest BCUT2D eigenvalue weighted by molar-refractivity contribution is 6.14.